The van der Waals surface area contributed by atoms with Crippen molar-refractivity contribution in [2.45, 2.75) is 38.3 Å². The molecule has 2 heterocycles. The molecule has 0 radical (unpaired) electrons. The molecule has 150 valence electrons. The molecule has 0 bridgehead atoms. The van der Waals surface area contributed by atoms with Gasteiger partial charge in [-0.3, -0.25) is 0 Å². The van der Waals surface area contributed by atoms with Crippen LogP contribution < -0.4 is 15.8 Å². The van der Waals surface area contributed by atoms with E-state index in [2.05, 4.69) is 22.2 Å². The lowest BCUT2D eigenvalue weighted by Crippen LogP contribution is -2.25. The van der Waals surface area contributed by atoms with Crippen molar-refractivity contribution in [1.29, 1.82) is 0 Å². The fourth-order valence-electron chi connectivity index (χ4n) is 4.20. The van der Waals surface area contributed by atoms with E-state index < -0.39 is 17.7 Å². The lowest BCUT2D eigenvalue weighted by Gasteiger charge is -2.23. The third-order valence-corrected chi connectivity index (χ3v) is 5.84. The number of nitrogen functional groups attached to an aromatic ring is 1. The summed E-state index contributed by atoms with van der Waals surface area (Å²) in [6.45, 7) is 2.23. The van der Waals surface area contributed by atoms with Crippen molar-refractivity contribution in [3.05, 3.63) is 40.0 Å². The highest BCUT2D eigenvalue weighted by Crippen LogP contribution is 2.43. The monoisotopic (exact) mass is 410 g/mol. The van der Waals surface area contributed by atoms with Crippen LogP contribution in [0.5, 0.6) is 5.75 Å². The Labute approximate surface area is 166 Å². The molecule has 1 unspecified atom stereocenters. The number of ether oxygens (including phenoxy) is 1. The molecule has 0 spiro atoms. The Hall–Kier alpha value is -2.19. The molecule has 9 heteroatoms. The van der Waals surface area contributed by atoms with Gasteiger partial charge in [-0.15, -0.1) is 0 Å². The summed E-state index contributed by atoms with van der Waals surface area (Å²) in [5, 5.41) is 12.9. The third-order valence-electron chi connectivity index (χ3n) is 5.55. The number of rotatable bonds is 4. The quantitative estimate of drug-likeness (QED) is 0.668. The Morgan fingerprint density at radius 3 is 2.82 bits per heavy atom. The van der Waals surface area contributed by atoms with Crippen molar-refractivity contribution in [2.75, 3.05) is 17.7 Å². The minimum atomic E-state index is -0.755. The zero-order valence-corrected chi connectivity index (χ0v) is 16.0. The number of nitrogens with two attached hydrogens (primary N) is 1. The molecular formula is C19H21ClF2N4O2. The van der Waals surface area contributed by atoms with Gasteiger partial charge in [0, 0.05) is 30.7 Å². The number of aliphatic hydroxyl groups excluding tert-OH is 1. The number of benzene rings is 1. The summed E-state index contributed by atoms with van der Waals surface area (Å²) in [4.78, 5) is 8.30. The number of aromatic nitrogens is 2. The first-order valence-corrected chi connectivity index (χ1v) is 9.58. The molecule has 1 aliphatic heterocycles. The van der Waals surface area contributed by atoms with Gasteiger partial charge in [0.15, 0.2) is 11.6 Å². The predicted octanol–water partition coefficient (Wildman–Crippen LogP) is 3.49. The van der Waals surface area contributed by atoms with Crippen LogP contribution in [0.4, 0.5) is 20.5 Å². The molecule has 6 nitrogen and oxygen atoms in total. The van der Waals surface area contributed by atoms with Gasteiger partial charge in [0.25, 0.3) is 0 Å². The number of aliphatic hydroxyl groups is 1. The van der Waals surface area contributed by atoms with Crippen molar-refractivity contribution >= 4 is 23.4 Å². The fraction of sp³-hybridized carbons (Fsp3) is 0.474. The van der Waals surface area contributed by atoms with Crippen LogP contribution in [0.2, 0.25) is 5.15 Å². The largest absolute Gasteiger partial charge is 0.482 e. The van der Waals surface area contributed by atoms with E-state index in [1.807, 2.05) is 0 Å². The molecule has 4 N–H and O–H groups in total. The fourth-order valence-corrected chi connectivity index (χ4v) is 4.50. The standard InChI is InChI=1S/C19H21ClF2N4O2/c1-8-2-9(7-27)3-13(8)24-18-15(17(20)25-19(23)26-18)14-5-10-4-11(21)6-12(22)16(10)28-14/h4,6,8-9,13-14,27H,2-3,5,7H2,1H3,(H3,23,24,25,26)/t8-,9-,13-,14?/m1/s1. The van der Waals surface area contributed by atoms with E-state index >= 15 is 0 Å². The minimum Gasteiger partial charge on any atom is -0.482 e. The molecule has 2 aliphatic rings. The van der Waals surface area contributed by atoms with Crippen molar-refractivity contribution in [3.63, 3.8) is 0 Å². The number of anilines is 2. The van der Waals surface area contributed by atoms with E-state index in [9.17, 15) is 13.9 Å². The average Bonchev–Trinajstić information content (AvgIpc) is 3.18. The van der Waals surface area contributed by atoms with Crippen molar-refractivity contribution in [2.24, 2.45) is 11.8 Å². The first-order chi connectivity index (χ1) is 13.4. The summed E-state index contributed by atoms with van der Waals surface area (Å²) in [5.41, 5.74) is 6.67. The number of nitrogens with one attached hydrogen (secondary N) is 1. The van der Waals surface area contributed by atoms with Crippen LogP contribution in [-0.2, 0) is 6.42 Å². The number of fused-ring (bicyclic) bond motifs is 1. The van der Waals surface area contributed by atoms with Gasteiger partial charge < -0.3 is 20.9 Å². The second-order valence-corrected chi connectivity index (χ2v) is 7.93. The normalized spacial score (nSPS) is 26.2. The number of hydrogen-bond donors (Lipinski definition) is 3. The maximum absolute atomic E-state index is 14.1. The number of nitrogens with zero attached hydrogens (tertiary/aromatic N) is 2. The molecule has 4 atom stereocenters. The Morgan fingerprint density at radius 1 is 1.32 bits per heavy atom. The SMILES string of the molecule is C[C@@H]1C[C@@H](CO)C[C@H]1Nc1nc(N)nc(Cl)c1C1Cc2cc(F)cc(F)c2O1. The van der Waals surface area contributed by atoms with Gasteiger partial charge in [0.05, 0.1) is 5.56 Å². The van der Waals surface area contributed by atoms with E-state index in [-0.39, 0.29) is 41.8 Å². The van der Waals surface area contributed by atoms with E-state index in [1.54, 1.807) is 0 Å². The van der Waals surface area contributed by atoms with Gasteiger partial charge in [0.2, 0.25) is 5.95 Å². The van der Waals surface area contributed by atoms with Gasteiger partial charge >= 0.3 is 0 Å². The molecule has 0 saturated heterocycles. The van der Waals surface area contributed by atoms with Gasteiger partial charge in [-0.2, -0.15) is 4.98 Å². The minimum absolute atomic E-state index is 0.00773. The van der Waals surface area contributed by atoms with Crippen LogP contribution >= 0.6 is 11.6 Å². The molecule has 0 amide bonds. The Kier molecular flexibility index (Phi) is 5.01. The number of halogens is 3. The molecule has 2 aromatic rings. The highest BCUT2D eigenvalue weighted by Gasteiger charge is 2.35. The first kappa shape index (κ1) is 19.1. The van der Waals surface area contributed by atoms with Crippen molar-refractivity contribution in [1.82, 2.24) is 9.97 Å². The van der Waals surface area contributed by atoms with E-state index in [0.29, 0.717) is 22.9 Å². The maximum atomic E-state index is 14.1. The summed E-state index contributed by atoms with van der Waals surface area (Å²) in [7, 11) is 0. The molecule has 1 aromatic carbocycles. The van der Waals surface area contributed by atoms with Gasteiger partial charge in [-0.1, -0.05) is 18.5 Å². The molecule has 28 heavy (non-hydrogen) atoms. The molecule has 1 aliphatic carbocycles. The zero-order valence-electron chi connectivity index (χ0n) is 15.3. The van der Waals surface area contributed by atoms with Crippen LogP contribution in [0.3, 0.4) is 0 Å². The Bertz CT molecular complexity index is 914. The van der Waals surface area contributed by atoms with E-state index in [1.165, 1.54) is 6.07 Å². The summed E-state index contributed by atoms with van der Waals surface area (Å²) >= 11 is 6.35. The summed E-state index contributed by atoms with van der Waals surface area (Å²) in [5.74, 6) is -0.439. The lowest BCUT2D eigenvalue weighted by atomic mass is 10.0. The maximum Gasteiger partial charge on any atom is 0.223 e. The van der Waals surface area contributed by atoms with Gasteiger partial charge in [-0.25, -0.2) is 13.8 Å². The smallest absolute Gasteiger partial charge is 0.223 e. The summed E-state index contributed by atoms with van der Waals surface area (Å²) < 4.78 is 33.4. The second-order valence-electron chi connectivity index (χ2n) is 7.57. The highest BCUT2D eigenvalue weighted by atomic mass is 35.5. The second kappa shape index (κ2) is 7.33. The molecule has 4 rings (SSSR count). The first-order valence-electron chi connectivity index (χ1n) is 9.20. The molecule has 1 saturated carbocycles. The predicted molar refractivity (Wildman–Crippen MR) is 101 cm³/mol. The number of hydrogen-bond acceptors (Lipinski definition) is 6. The molecular weight excluding hydrogens is 390 g/mol. The Balaban J connectivity index is 1.66. The molecule has 1 aromatic heterocycles. The van der Waals surface area contributed by atoms with Crippen LogP contribution in [-0.4, -0.2) is 27.7 Å². The zero-order chi connectivity index (χ0) is 20.0. The van der Waals surface area contributed by atoms with E-state index in [4.69, 9.17) is 22.1 Å². The topological polar surface area (TPSA) is 93.3 Å². The van der Waals surface area contributed by atoms with E-state index in [0.717, 1.165) is 18.9 Å². The average molecular weight is 411 g/mol. The van der Waals surface area contributed by atoms with Crippen LogP contribution in [0.25, 0.3) is 0 Å². The highest BCUT2D eigenvalue weighted by molar-refractivity contribution is 6.30. The summed E-state index contributed by atoms with van der Waals surface area (Å²) in [6.07, 6.45) is 1.26. The van der Waals surface area contributed by atoms with Gasteiger partial charge in [-0.05, 0) is 30.7 Å². The summed E-state index contributed by atoms with van der Waals surface area (Å²) in [6, 6.07) is 2.11. The van der Waals surface area contributed by atoms with Crippen LogP contribution in [0.1, 0.15) is 37.0 Å². The lowest BCUT2D eigenvalue weighted by molar-refractivity contribution is 0.226. The third kappa shape index (κ3) is 3.46. The van der Waals surface area contributed by atoms with Crippen LogP contribution in [0, 0.1) is 23.5 Å². The molecule has 1 fully saturated rings. The van der Waals surface area contributed by atoms with Gasteiger partial charge in [0.1, 0.15) is 22.9 Å². The Morgan fingerprint density at radius 2 is 2.11 bits per heavy atom. The van der Waals surface area contributed by atoms with Crippen molar-refractivity contribution < 1.29 is 18.6 Å². The van der Waals surface area contributed by atoms with Crippen molar-refractivity contribution in [3.8, 4) is 5.75 Å². The van der Waals surface area contributed by atoms with Crippen LogP contribution in [0.15, 0.2) is 12.1 Å².